The third-order valence-corrected chi connectivity index (χ3v) is 9.09. The number of ether oxygens (including phenoxy) is 3. The first kappa shape index (κ1) is 16.4. The average Bonchev–Trinajstić information content (AvgIpc) is 3.06. The zero-order valence-electron chi connectivity index (χ0n) is 14.0. The van der Waals surface area contributed by atoms with Crippen LogP contribution in [0.3, 0.4) is 0 Å². The van der Waals surface area contributed by atoms with Crippen molar-refractivity contribution in [2.75, 3.05) is 13.2 Å². The van der Waals surface area contributed by atoms with E-state index in [1.54, 1.807) is 0 Å². The molecule has 3 atom stereocenters. The van der Waals surface area contributed by atoms with Crippen LogP contribution < -0.4 is 0 Å². The van der Waals surface area contributed by atoms with Gasteiger partial charge in [-0.25, -0.2) is 0 Å². The standard InChI is InChI=1S/C15H30O4Si/c1-14(2,3)20(6,7)17-9-11-8-12(13-10-16-13)19-15(4,5)18-11/h11-13H,8-10H2,1-7H3/t11-,12+,13+/m0/s1. The lowest BCUT2D eigenvalue weighted by atomic mass is 10.1. The van der Waals surface area contributed by atoms with Gasteiger partial charge in [0.05, 0.1) is 25.4 Å². The Morgan fingerprint density at radius 3 is 2.25 bits per heavy atom. The van der Waals surface area contributed by atoms with Crippen molar-refractivity contribution in [2.24, 2.45) is 0 Å². The Balaban J connectivity index is 1.91. The molecule has 20 heavy (non-hydrogen) atoms. The molecule has 5 heteroatoms. The summed E-state index contributed by atoms with van der Waals surface area (Å²) in [5.74, 6) is -0.545. The molecule has 0 aromatic heterocycles. The van der Waals surface area contributed by atoms with Gasteiger partial charge in [-0.2, -0.15) is 0 Å². The molecule has 0 bridgehead atoms. The quantitative estimate of drug-likeness (QED) is 0.590. The maximum absolute atomic E-state index is 6.29. The lowest BCUT2D eigenvalue weighted by molar-refractivity contribution is -0.305. The van der Waals surface area contributed by atoms with Gasteiger partial charge in [0, 0.05) is 6.42 Å². The van der Waals surface area contributed by atoms with Crippen LogP contribution >= 0.6 is 0 Å². The zero-order chi connectivity index (χ0) is 15.2. The van der Waals surface area contributed by atoms with Crippen LogP contribution in [0.5, 0.6) is 0 Å². The van der Waals surface area contributed by atoms with Gasteiger partial charge >= 0.3 is 0 Å². The highest BCUT2D eigenvalue weighted by molar-refractivity contribution is 6.74. The molecule has 2 aliphatic rings. The molecular weight excluding hydrogens is 272 g/mol. The Hall–Kier alpha value is 0.0569. The summed E-state index contributed by atoms with van der Waals surface area (Å²) in [4.78, 5) is 0. The predicted molar refractivity (Wildman–Crippen MR) is 81.3 cm³/mol. The summed E-state index contributed by atoms with van der Waals surface area (Å²) in [7, 11) is -1.72. The fourth-order valence-corrected chi connectivity index (χ4v) is 3.30. The predicted octanol–water partition coefficient (Wildman–Crippen LogP) is 3.32. The lowest BCUT2D eigenvalue weighted by Crippen LogP contribution is -2.50. The van der Waals surface area contributed by atoms with E-state index in [2.05, 4.69) is 33.9 Å². The first-order chi connectivity index (χ1) is 9.00. The number of rotatable bonds is 4. The summed E-state index contributed by atoms with van der Waals surface area (Å²) in [6, 6.07) is 0. The molecule has 0 amide bonds. The maximum atomic E-state index is 6.29. The van der Waals surface area contributed by atoms with Gasteiger partial charge in [-0.1, -0.05) is 20.8 Å². The zero-order valence-corrected chi connectivity index (χ0v) is 15.0. The van der Waals surface area contributed by atoms with Gasteiger partial charge < -0.3 is 18.6 Å². The van der Waals surface area contributed by atoms with Gasteiger partial charge in [0.1, 0.15) is 6.10 Å². The van der Waals surface area contributed by atoms with Crippen LogP contribution in [-0.2, 0) is 18.6 Å². The summed E-state index contributed by atoms with van der Waals surface area (Å²) >= 11 is 0. The number of hydrogen-bond acceptors (Lipinski definition) is 4. The van der Waals surface area contributed by atoms with Crippen LogP contribution in [0.15, 0.2) is 0 Å². The normalized spacial score (nSPS) is 34.0. The molecule has 0 radical (unpaired) electrons. The van der Waals surface area contributed by atoms with Crippen LogP contribution in [0.25, 0.3) is 0 Å². The Bertz CT molecular complexity index is 344. The van der Waals surface area contributed by atoms with Gasteiger partial charge in [0.2, 0.25) is 0 Å². The van der Waals surface area contributed by atoms with Gasteiger partial charge in [-0.05, 0) is 32.0 Å². The van der Waals surface area contributed by atoms with E-state index in [9.17, 15) is 0 Å². The SMILES string of the molecule is CC1(C)O[C@H](CO[Si](C)(C)C(C)(C)C)C[C@H]([C@H]2CO2)O1. The number of hydrogen-bond donors (Lipinski definition) is 0. The van der Waals surface area contributed by atoms with E-state index in [1.165, 1.54) is 0 Å². The van der Waals surface area contributed by atoms with E-state index in [4.69, 9.17) is 18.6 Å². The Kier molecular flexibility index (Phi) is 4.40. The number of epoxide rings is 1. The molecule has 118 valence electrons. The highest BCUT2D eigenvalue weighted by atomic mass is 28.4. The van der Waals surface area contributed by atoms with Crippen LogP contribution in [0, 0.1) is 0 Å². The van der Waals surface area contributed by atoms with Crippen LogP contribution in [0.2, 0.25) is 18.1 Å². The minimum Gasteiger partial charge on any atom is -0.414 e. The maximum Gasteiger partial charge on any atom is 0.192 e. The van der Waals surface area contributed by atoms with Gasteiger partial charge in [0.25, 0.3) is 0 Å². The molecule has 4 nitrogen and oxygen atoms in total. The van der Waals surface area contributed by atoms with Crippen molar-refractivity contribution in [3.05, 3.63) is 0 Å². The van der Waals surface area contributed by atoms with Crippen molar-refractivity contribution >= 4 is 8.32 Å². The van der Waals surface area contributed by atoms with E-state index < -0.39 is 14.1 Å². The van der Waals surface area contributed by atoms with Crippen molar-refractivity contribution in [2.45, 2.75) is 83.3 Å². The molecule has 0 N–H and O–H groups in total. The fraction of sp³-hybridized carbons (Fsp3) is 1.00. The highest BCUT2D eigenvalue weighted by Crippen LogP contribution is 2.38. The first-order valence-corrected chi connectivity index (χ1v) is 10.5. The lowest BCUT2D eigenvalue weighted by Gasteiger charge is -2.42. The minimum atomic E-state index is -1.72. The second-order valence-corrected chi connectivity index (χ2v) is 12.8. The summed E-state index contributed by atoms with van der Waals surface area (Å²) in [6.45, 7) is 16.8. The highest BCUT2D eigenvalue weighted by Gasteiger charge is 2.45. The monoisotopic (exact) mass is 302 g/mol. The largest absolute Gasteiger partial charge is 0.414 e. The van der Waals surface area contributed by atoms with Crippen LogP contribution in [-0.4, -0.2) is 45.6 Å². The fourth-order valence-electron chi connectivity index (χ4n) is 2.27. The summed E-state index contributed by atoms with van der Waals surface area (Å²) in [6.07, 6.45) is 1.37. The summed E-state index contributed by atoms with van der Waals surface area (Å²) in [5.41, 5.74) is 0. The molecule has 0 saturated carbocycles. The molecule has 2 rings (SSSR count). The Labute approximate surface area is 124 Å². The van der Waals surface area contributed by atoms with E-state index in [-0.39, 0.29) is 23.4 Å². The molecule has 2 heterocycles. The van der Waals surface area contributed by atoms with E-state index in [1.807, 2.05) is 13.8 Å². The second kappa shape index (κ2) is 5.36. The van der Waals surface area contributed by atoms with Crippen molar-refractivity contribution in [1.82, 2.24) is 0 Å². The van der Waals surface area contributed by atoms with E-state index >= 15 is 0 Å². The third-order valence-electron chi connectivity index (χ3n) is 4.59. The summed E-state index contributed by atoms with van der Waals surface area (Å²) < 4.78 is 23.6. The molecule has 2 aliphatic heterocycles. The average molecular weight is 302 g/mol. The molecule has 2 fully saturated rings. The minimum absolute atomic E-state index is 0.0991. The van der Waals surface area contributed by atoms with E-state index in [0.717, 1.165) is 13.0 Å². The van der Waals surface area contributed by atoms with Crippen LogP contribution in [0.1, 0.15) is 41.0 Å². The van der Waals surface area contributed by atoms with Crippen molar-refractivity contribution in [1.29, 1.82) is 0 Å². The van der Waals surface area contributed by atoms with Gasteiger partial charge in [-0.15, -0.1) is 0 Å². The Morgan fingerprint density at radius 2 is 1.75 bits per heavy atom. The molecule has 0 unspecified atom stereocenters. The van der Waals surface area contributed by atoms with Crippen molar-refractivity contribution in [3.8, 4) is 0 Å². The van der Waals surface area contributed by atoms with E-state index in [0.29, 0.717) is 6.61 Å². The molecule has 0 aromatic carbocycles. The van der Waals surface area contributed by atoms with Crippen molar-refractivity contribution < 1.29 is 18.6 Å². The van der Waals surface area contributed by atoms with Gasteiger partial charge in [-0.3, -0.25) is 0 Å². The molecule has 2 saturated heterocycles. The van der Waals surface area contributed by atoms with Gasteiger partial charge in [0.15, 0.2) is 14.1 Å². The van der Waals surface area contributed by atoms with Crippen LogP contribution in [0.4, 0.5) is 0 Å². The summed E-state index contributed by atoms with van der Waals surface area (Å²) in [5, 5.41) is 0.229. The molecule has 0 spiro atoms. The molecule has 0 aromatic rings. The molecular formula is C15H30O4Si. The molecule has 0 aliphatic carbocycles. The topological polar surface area (TPSA) is 40.2 Å². The Morgan fingerprint density at radius 1 is 1.15 bits per heavy atom. The first-order valence-electron chi connectivity index (χ1n) is 7.61. The van der Waals surface area contributed by atoms with Crippen molar-refractivity contribution in [3.63, 3.8) is 0 Å². The smallest absolute Gasteiger partial charge is 0.192 e. The third kappa shape index (κ3) is 4.04. The second-order valence-electron chi connectivity index (χ2n) is 7.97.